The molecule has 4 heteroatoms. The Morgan fingerprint density at radius 1 is 1.04 bits per heavy atom. The predicted molar refractivity (Wildman–Crippen MR) is 98.4 cm³/mol. The molecule has 1 unspecified atom stereocenters. The molecular weight excluding hydrogens is 314 g/mol. The molecule has 0 fully saturated rings. The van der Waals surface area contributed by atoms with E-state index in [9.17, 15) is 4.79 Å². The second-order valence-corrected chi connectivity index (χ2v) is 6.85. The van der Waals surface area contributed by atoms with Crippen LogP contribution in [0.25, 0.3) is 0 Å². The summed E-state index contributed by atoms with van der Waals surface area (Å²) in [5.41, 5.74) is 3.89. The Hall–Kier alpha value is -2.49. The Balaban J connectivity index is 1.87. The van der Waals surface area contributed by atoms with Gasteiger partial charge in [0.05, 0.1) is 6.04 Å². The summed E-state index contributed by atoms with van der Waals surface area (Å²) in [5, 5.41) is 3.19. The number of nitrogens with one attached hydrogen (secondary N) is 1. The second kappa shape index (κ2) is 7.18. The standard InChI is InChI=1S/C21H25NO3/c1-13(2)20(16-8-9-18-19(12-16)25-11-10-24-18)22-21(23)17-7-5-6-14(3)15(17)4/h5-9,12-13,20H,10-11H2,1-4H3,(H,22,23). The van der Waals surface area contributed by atoms with Crippen molar-refractivity contribution < 1.29 is 14.3 Å². The summed E-state index contributed by atoms with van der Waals surface area (Å²) >= 11 is 0. The van der Waals surface area contributed by atoms with E-state index in [4.69, 9.17) is 9.47 Å². The molecule has 0 spiro atoms. The Labute approximate surface area is 149 Å². The van der Waals surface area contributed by atoms with Gasteiger partial charge in [0.2, 0.25) is 0 Å². The fourth-order valence-electron chi connectivity index (χ4n) is 3.10. The molecule has 1 aliphatic heterocycles. The summed E-state index contributed by atoms with van der Waals surface area (Å²) in [5.74, 6) is 1.71. The fourth-order valence-corrected chi connectivity index (χ4v) is 3.10. The number of aryl methyl sites for hydroxylation is 1. The van der Waals surface area contributed by atoms with Gasteiger partial charge in [0.15, 0.2) is 11.5 Å². The molecule has 1 heterocycles. The highest BCUT2D eigenvalue weighted by Crippen LogP contribution is 2.34. The second-order valence-electron chi connectivity index (χ2n) is 6.85. The first-order chi connectivity index (χ1) is 12.0. The van der Waals surface area contributed by atoms with Crippen molar-refractivity contribution >= 4 is 5.91 Å². The summed E-state index contributed by atoms with van der Waals surface area (Å²) in [6, 6.07) is 11.6. The van der Waals surface area contributed by atoms with Crippen LogP contribution >= 0.6 is 0 Å². The molecule has 0 saturated carbocycles. The quantitative estimate of drug-likeness (QED) is 0.908. The van der Waals surface area contributed by atoms with E-state index in [1.165, 1.54) is 0 Å². The molecule has 1 aliphatic rings. The number of benzene rings is 2. The van der Waals surface area contributed by atoms with E-state index >= 15 is 0 Å². The van der Waals surface area contributed by atoms with Crippen LogP contribution in [-0.2, 0) is 0 Å². The molecule has 2 aromatic carbocycles. The summed E-state index contributed by atoms with van der Waals surface area (Å²) < 4.78 is 11.3. The van der Waals surface area contributed by atoms with Crippen LogP contribution in [0, 0.1) is 19.8 Å². The average molecular weight is 339 g/mol. The van der Waals surface area contributed by atoms with Crippen molar-refractivity contribution in [2.24, 2.45) is 5.92 Å². The smallest absolute Gasteiger partial charge is 0.252 e. The van der Waals surface area contributed by atoms with Crippen molar-refractivity contribution in [3.05, 3.63) is 58.7 Å². The maximum Gasteiger partial charge on any atom is 0.252 e. The van der Waals surface area contributed by atoms with E-state index in [-0.39, 0.29) is 17.9 Å². The van der Waals surface area contributed by atoms with E-state index in [1.54, 1.807) is 0 Å². The molecule has 0 bridgehead atoms. The zero-order valence-electron chi connectivity index (χ0n) is 15.3. The summed E-state index contributed by atoms with van der Waals surface area (Å²) in [6.45, 7) is 9.34. The number of carbonyl (C=O) groups is 1. The van der Waals surface area contributed by atoms with Crippen molar-refractivity contribution in [3.8, 4) is 11.5 Å². The van der Waals surface area contributed by atoms with E-state index in [0.717, 1.165) is 33.8 Å². The summed E-state index contributed by atoms with van der Waals surface area (Å²) in [7, 11) is 0. The van der Waals surface area contributed by atoms with Gasteiger partial charge < -0.3 is 14.8 Å². The van der Waals surface area contributed by atoms with Gasteiger partial charge in [-0.05, 0) is 54.7 Å². The molecule has 1 N–H and O–H groups in total. The third kappa shape index (κ3) is 3.63. The van der Waals surface area contributed by atoms with Crippen LogP contribution in [0.4, 0.5) is 0 Å². The molecular formula is C21H25NO3. The summed E-state index contributed by atoms with van der Waals surface area (Å²) in [6.07, 6.45) is 0. The number of hydrogen-bond donors (Lipinski definition) is 1. The minimum atomic E-state index is -0.0942. The molecule has 132 valence electrons. The highest BCUT2D eigenvalue weighted by Gasteiger charge is 2.22. The molecule has 0 aromatic heterocycles. The number of rotatable bonds is 4. The van der Waals surface area contributed by atoms with Gasteiger partial charge in [0.25, 0.3) is 5.91 Å². The van der Waals surface area contributed by atoms with Crippen molar-refractivity contribution in [1.82, 2.24) is 5.32 Å². The maximum absolute atomic E-state index is 12.8. The Bertz CT molecular complexity index is 783. The van der Waals surface area contributed by atoms with Gasteiger partial charge in [0, 0.05) is 5.56 Å². The average Bonchev–Trinajstić information content (AvgIpc) is 2.61. The van der Waals surface area contributed by atoms with Crippen LogP contribution < -0.4 is 14.8 Å². The number of hydrogen-bond acceptors (Lipinski definition) is 3. The van der Waals surface area contributed by atoms with Crippen LogP contribution in [0.5, 0.6) is 11.5 Å². The van der Waals surface area contributed by atoms with Gasteiger partial charge in [-0.2, -0.15) is 0 Å². The van der Waals surface area contributed by atoms with Crippen LogP contribution in [0.15, 0.2) is 36.4 Å². The maximum atomic E-state index is 12.8. The van der Waals surface area contributed by atoms with Crippen molar-refractivity contribution in [2.45, 2.75) is 33.7 Å². The van der Waals surface area contributed by atoms with Crippen LogP contribution in [0.2, 0.25) is 0 Å². The van der Waals surface area contributed by atoms with Gasteiger partial charge in [0.1, 0.15) is 13.2 Å². The van der Waals surface area contributed by atoms with E-state index in [1.807, 2.05) is 50.2 Å². The zero-order chi connectivity index (χ0) is 18.0. The fraction of sp³-hybridized carbons (Fsp3) is 0.381. The lowest BCUT2D eigenvalue weighted by atomic mass is 9.94. The number of amides is 1. The first-order valence-corrected chi connectivity index (χ1v) is 8.74. The minimum Gasteiger partial charge on any atom is -0.486 e. The van der Waals surface area contributed by atoms with Crippen LogP contribution in [0.3, 0.4) is 0 Å². The third-order valence-corrected chi connectivity index (χ3v) is 4.73. The number of carbonyl (C=O) groups excluding carboxylic acids is 1. The van der Waals surface area contributed by atoms with Gasteiger partial charge in [-0.15, -0.1) is 0 Å². The van der Waals surface area contributed by atoms with E-state index in [2.05, 4.69) is 19.2 Å². The number of ether oxygens (including phenoxy) is 2. The Morgan fingerprint density at radius 2 is 1.76 bits per heavy atom. The van der Waals surface area contributed by atoms with Crippen molar-refractivity contribution in [3.63, 3.8) is 0 Å². The predicted octanol–water partition coefficient (Wildman–Crippen LogP) is 4.20. The first kappa shape index (κ1) is 17.3. The van der Waals surface area contributed by atoms with Gasteiger partial charge in [-0.1, -0.05) is 32.0 Å². The van der Waals surface area contributed by atoms with Crippen LogP contribution in [-0.4, -0.2) is 19.1 Å². The molecule has 25 heavy (non-hydrogen) atoms. The molecule has 1 amide bonds. The van der Waals surface area contributed by atoms with E-state index in [0.29, 0.717) is 13.2 Å². The molecule has 0 radical (unpaired) electrons. The molecule has 2 aromatic rings. The summed E-state index contributed by atoms with van der Waals surface area (Å²) in [4.78, 5) is 12.8. The monoisotopic (exact) mass is 339 g/mol. The lowest BCUT2D eigenvalue weighted by Gasteiger charge is -2.26. The minimum absolute atomic E-state index is 0.0465. The van der Waals surface area contributed by atoms with Crippen molar-refractivity contribution in [1.29, 1.82) is 0 Å². The Kier molecular flexibility index (Phi) is 4.98. The first-order valence-electron chi connectivity index (χ1n) is 8.74. The molecule has 1 atom stereocenters. The third-order valence-electron chi connectivity index (χ3n) is 4.73. The topological polar surface area (TPSA) is 47.6 Å². The zero-order valence-corrected chi connectivity index (χ0v) is 15.3. The van der Waals surface area contributed by atoms with E-state index < -0.39 is 0 Å². The largest absolute Gasteiger partial charge is 0.486 e. The van der Waals surface area contributed by atoms with Gasteiger partial charge in [-0.3, -0.25) is 4.79 Å². The highest BCUT2D eigenvalue weighted by molar-refractivity contribution is 5.96. The van der Waals surface area contributed by atoms with Crippen LogP contribution in [0.1, 0.15) is 46.9 Å². The molecule has 3 rings (SSSR count). The Morgan fingerprint density at radius 3 is 2.48 bits per heavy atom. The lowest BCUT2D eigenvalue weighted by Crippen LogP contribution is -2.32. The SMILES string of the molecule is Cc1cccc(C(=O)NC(c2ccc3c(c2)OCCO3)C(C)C)c1C. The van der Waals surface area contributed by atoms with Gasteiger partial charge >= 0.3 is 0 Å². The highest BCUT2D eigenvalue weighted by atomic mass is 16.6. The molecule has 0 saturated heterocycles. The molecule has 4 nitrogen and oxygen atoms in total. The van der Waals surface area contributed by atoms with Gasteiger partial charge in [-0.25, -0.2) is 0 Å². The van der Waals surface area contributed by atoms with Crippen molar-refractivity contribution in [2.75, 3.05) is 13.2 Å². The number of fused-ring (bicyclic) bond motifs is 1. The normalized spacial score (nSPS) is 14.3. The lowest BCUT2D eigenvalue weighted by molar-refractivity contribution is 0.0924. The molecule has 0 aliphatic carbocycles.